The lowest BCUT2D eigenvalue weighted by Gasteiger charge is -2.03. The van der Waals surface area contributed by atoms with Gasteiger partial charge < -0.3 is 4.57 Å². The SMILES string of the molecule is CC(C)n1cnc(-c2ccccc2)c1. The maximum Gasteiger partial charge on any atom is 0.0956 e. The third-order valence-corrected chi connectivity index (χ3v) is 2.27. The molecule has 0 spiro atoms. The second kappa shape index (κ2) is 3.66. The van der Waals surface area contributed by atoms with Gasteiger partial charge in [-0.25, -0.2) is 4.98 Å². The molecule has 0 N–H and O–H groups in total. The third-order valence-electron chi connectivity index (χ3n) is 2.27. The van der Waals surface area contributed by atoms with Gasteiger partial charge in [0.1, 0.15) is 0 Å². The minimum absolute atomic E-state index is 0.472. The molecule has 0 fully saturated rings. The first-order chi connectivity index (χ1) is 6.77. The molecular weight excluding hydrogens is 172 g/mol. The Balaban J connectivity index is 2.34. The monoisotopic (exact) mass is 186 g/mol. The molecule has 2 rings (SSSR count). The lowest BCUT2D eigenvalue weighted by molar-refractivity contribution is 0.600. The van der Waals surface area contributed by atoms with Crippen LogP contribution in [0.3, 0.4) is 0 Å². The number of rotatable bonds is 2. The number of aromatic nitrogens is 2. The largest absolute Gasteiger partial charge is 0.334 e. The molecular formula is C12H14N2. The molecule has 1 heterocycles. The summed E-state index contributed by atoms with van der Waals surface area (Å²) in [5.74, 6) is 0. The van der Waals surface area contributed by atoms with E-state index in [2.05, 4.69) is 41.7 Å². The Hall–Kier alpha value is -1.57. The van der Waals surface area contributed by atoms with E-state index >= 15 is 0 Å². The van der Waals surface area contributed by atoms with Crippen molar-refractivity contribution in [2.45, 2.75) is 19.9 Å². The summed E-state index contributed by atoms with van der Waals surface area (Å²) < 4.78 is 2.11. The maximum absolute atomic E-state index is 4.37. The minimum atomic E-state index is 0.472. The predicted octanol–water partition coefficient (Wildman–Crippen LogP) is 3.13. The van der Waals surface area contributed by atoms with Gasteiger partial charge in [0.05, 0.1) is 12.0 Å². The molecule has 0 amide bonds. The highest BCUT2D eigenvalue weighted by Crippen LogP contribution is 2.17. The van der Waals surface area contributed by atoms with Crippen LogP contribution in [0.2, 0.25) is 0 Å². The molecule has 2 nitrogen and oxygen atoms in total. The molecule has 2 heteroatoms. The van der Waals surface area contributed by atoms with E-state index in [4.69, 9.17) is 0 Å². The molecule has 0 bridgehead atoms. The fraction of sp³-hybridized carbons (Fsp3) is 0.250. The van der Waals surface area contributed by atoms with E-state index in [9.17, 15) is 0 Å². The van der Waals surface area contributed by atoms with Crippen LogP contribution in [-0.4, -0.2) is 9.55 Å². The Kier molecular flexibility index (Phi) is 2.35. The van der Waals surface area contributed by atoms with Crippen molar-refractivity contribution >= 4 is 0 Å². The Bertz CT molecular complexity index is 401. The van der Waals surface area contributed by atoms with Crippen LogP contribution in [-0.2, 0) is 0 Å². The third kappa shape index (κ3) is 1.69. The molecule has 0 aliphatic heterocycles. The summed E-state index contributed by atoms with van der Waals surface area (Å²) in [6, 6.07) is 10.7. The summed E-state index contributed by atoms with van der Waals surface area (Å²) >= 11 is 0. The van der Waals surface area contributed by atoms with Gasteiger partial charge in [0.2, 0.25) is 0 Å². The standard InChI is InChI=1S/C12H14N2/c1-10(2)14-8-12(13-9-14)11-6-4-3-5-7-11/h3-10H,1-2H3. The zero-order valence-corrected chi connectivity index (χ0v) is 8.51. The van der Waals surface area contributed by atoms with Crippen molar-refractivity contribution in [3.8, 4) is 11.3 Å². The highest BCUT2D eigenvalue weighted by Gasteiger charge is 2.02. The Morgan fingerprint density at radius 2 is 1.86 bits per heavy atom. The topological polar surface area (TPSA) is 17.8 Å². The molecule has 0 aliphatic carbocycles. The van der Waals surface area contributed by atoms with Crippen LogP contribution in [0.4, 0.5) is 0 Å². The van der Waals surface area contributed by atoms with E-state index in [1.165, 1.54) is 5.56 Å². The normalized spacial score (nSPS) is 10.8. The zero-order valence-electron chi connectivity index (χ0n) is 8.51. The number of nitrogens with zero attached hydrogens (tertiary/aromatic N) is 2. The van der Waals surface area contributed by atoms with Crippen molar-refractivity contribution in [3.05, 3.63) is 42.9 Å². The molecule has 72 valence electrons. The van der Waals surface area contributed by atoms with Crippen molar-refractivity contribution in [3.63, 3.8) is 0 Å². The van der Waals surface area contributed by atoms with E-state index in [-0.39, 0.29) is 0 Å². The minimum Gasteiger partial charge on any atom is -0.334 e. The number of hydrogen-bond donors (Lipinski definition) is 0. The number of benzene rings is 1. The fourth-order valence-corrected chi connectivity index (χ4v) is 1.38. The lowest BCUT2D eigenvalue weighted by atomic mass is 10.2. The second-order valence-electron chi connectivity index (χ2n) is 3.67. The van der Waals surface area contributed by atoms with Gasteiger partial charge in [0.15, 0.2) is 0 Å². The summed E-state index contributed by atoms with van der Waals surface area (Å²) in [5.41, 5.74) is 2.21. The predicted molar refractivity (Wildman–Crippen MR) is 58.0 cm³/mol. The molecule has 0 atom stereocenters. The van der Waals surface area contributed by atoms with Gasteiger partial charge in [-0.2, -0.15) is 0 Å². The van der Waals surface area contributed by atoms with Crippen molar-refractivity contribution in [1.29, 1.82) is 0 Å². The molecule has 1 aromatic heterocycles. The van der Waals surface area contributed by atoms with Crippen molar-refractivity contribution in [2.75, 3.05) is 0 Å². The van der Waals surface area contributed by atoms with Crippen molar-refractivity contribution in [1.82, 2.24) is 9.55 Å². The van der Waals surface area contributed by atoms with Crippen LogP contribution in [0.5, 0.6) is 0 Å². The van der Waals surface area contributed by atoms with Gasteiger partial charge >= 0.3 is 0 Å². The first-order valence-electron chi connectivity index (χ1n) is 4.86. The summed E-state index contributed by atoms with van der Waals surface area (Å²) in [6.45, 7) is 4.30. The van der Waals surface area contributed by atoms with Crippen LogP contribution < -0.4 is 0 Å². The van der Waals surface area contributed by atoms with Crippen LogP contribution in [0.25, 0.3) is 11.3 Å². The van der Waals surface area contributed by atoms with E-state index in [1.54, 1.807) is 0 Å². The second-order valence-corrected chi connectivity index (χ2v) is 3.67. The average Bonchev–Trinajstić information content (AvgIpc) is 2.68. The Labute approximate surface area is 84.2 Å². The molecule has 1 aromatic carbocycles. The molecule has 2 aromatic rings. The van der Waals surface area contributed by atoms with Gasteiger partial charge in [0, 0.05) is 17.8 Å². The van der Waals surface area contributed by atoms with Crippen molar-refractivity contribution < 1.29 is 0 Å². The quantitative estimate of drug-likeness (QED) is 0.704. The molecule has 0 saturated heterocycles. The summed E-state index contributed by atoms with van der Waals surface area (Å²) in [6.07, 6.45) is 3.97. The van der Waals surface area contributed by atoms with Gasteiger partial charge in [-0.1, -0.05) is 30.3 Å². The number of hydrogen-bond acceptors (Lipinski definition) is 1. The zero-order chi connectivity index (χ0) is 9.97. The molecule has 0 radical (unpaired) electrons. The Morgan fingerprint density at radius 1 is 1.14 bits per heavy atom. The van der Waals surface area contributed by atoms with E-state index < -0.39 is 0 Å². The van der Waals surface area contributed by atoms with Crippen LogP contribution >= 0.6 is 0 Å². The first kappa shape index (κ1) is 9.00. The van der Waals surface area contributed by atoms with E-state index in [0.29, 0.717) is 6.04 Å². The number of imidazole rings is 1. The summed E-state index contributed by atoms with van der Waals surface area (Å²) in [5, 5.41) is 0. The van der Waals surface area contributed by atoms with Gasteiger partial charge in [-0.3, -0.25) is 0 Å². The molecule has 0 unspecified atom stereocenters. The fourth-order valence-electron chi connectivity index (χ4n) is 1.38. The highest BCUT2D eigenvalue weighted by atomic mass is 15.0. The van der Waals surface area contributed by atoms with Crippen molar-refractivity contribution in [2.24, 2.45) is 0 Å². The van der Waals surface area contributed by atoms with Gasteiger partial charge in [-0.15, -0.1) is 0 Å². The summed E-state index contributed by atoms with van der Waals surface area (Å²) in [7, 11) is 0. The maximum atomic E-state index is 4.37. The molecule has 0 saturated carbocycles. The van der Waals surface area contributed by atoms with Crippen LogP contribution in [0.15, 0.2) is 42.9 Å². The van der Waals surface area contributed by atoms with Crippen LogP contribution in [0.1, 0.15) is 19.9 Å². The smallest absolute Gasteiger partial charge is 0.0956 e. The summed E-state index contributed by atoms with van der Waals surface area (Å²) in [4.78, 5) is 4.37. The van der Waals surface area contributed by atoms with E-state index in [0.717, 1.165) is 5.69 Å². The van der Waals surface area contributed by atoms with E-state index in [1.807, 2.05) is 24.5 Å². The first-order valence-corrected chi connectivity index (χ1v) is 4.86. The van der Waals surface area contributed by atoms with Crippen LogP contribution in [0, 0.1) is 0 Å². The molecule has 0 aliphatic rings. The van der Waals surface area contributed by atoms with Gasteiger partial charge in [0.25, 0.3) is 0 Å². The highest BCUT2D eigenvalue weighted by molar-refractivity contribution is 5.57. The average molecular weight is 186 g/mol. The lowest BCUT2D eigenvalue weighted by Crippen LogP contribution is -1.95. The van der Waals surface area contributed by atoms with Gasteiger partial charge in [-0.05, 0) is 13.8 Å². The molecule has 14 heavy (non-hydrogen) atoms. The Morgan fingerprint density at radius 3 is 2.43 bits per heavy atom.